The molecule has 2 aromatic rings. The molecule has 1 unspecified atom stereocenters. The molecule has 0 saturated carbocycles. The highest BCUT2D eigenvalue weighted by Crippen LogP contribution is 2.17. The fourth-order valence-corrected chi connectivity index (χ4v) is 2.26. The zero-order valence-corrected chi connectivity index (χ0v) is 14.2. The molecule has 0 radical (unpaired) electrons. The summed E-state index contributed by atoms with van der Waals surface area (Å²) in [4.78, 5) is 10.3. The van der Waals surface area contributed by atoms with Crippen LogP contribution in [-0.4, -0.2) is 5.97 Å². The fraction of sp³-hybridized carbons (Fsp3) is 0.381. The lowest BCUT2D eigenvalue weighted by Gasteiger charge is -2.11. The molecule has 0 aliphatic carbocycles. The summed E-state index contributed by atoms with van der Waals surface area (Å²) in [5.74, 6) is -1.19. The Bertz CT molecular complexity index is 497. The molecule has 2 heteroatoms. The molecule has 0 saturated heterocycles. The first kappa shape index (κ1) is 19.0. The van der Waals surface area contributed by atoms with E-state index in [1.165, 1.54) is 24.0 Å². The van der Waals surface area contributed by atoms with Crippen molar-refractivity contribution in [3.8, 4) is 11.1 Å². The minimum Gasteiger partial charge on any atom is -0.550 e. The highest BCUT2D eigenvalue weighted by molar-refractivity contribution is 5.66. The molecule has 0 aliphatic heterocycles. The third kappa shape index (κ3) is 8.20. The number of unbranched alkanes of at least 4 members (excludes halogenated alkanes) is 3. The topological polar surface area (TPSA) is 40.1 Å². The second-order valence-electron chi connectivity index (χ2n) is 5.80. The van der Waals surface area contributed by atoms with Gasteiger partial charge in [-0.25, -0.2) is 0 Å². The van der Waals surface area contributed by atoms with Crippen LogP contribution in [0.15, 0.2) is 60.7 Å². The van der Waals surface area contributed by atoms with Crippen molar-refractivity contribution in [3.63, 3.8) is 0 Å². The number of carboxylic acids is 1. The normalized spacial score (nSPS) is 11.2. The number of carboxylic acid groups (broad SMARTS) is 1. The van der Waals surface area contributed by atoms with E-state index in [0.717, 1.165) is 19.3 Å². The molecular formula is C21H27O2-. The predicted molar refractivity (Wildman–Crippen MR) is 94.8 cm³/mol. The largest absolute Gasteiger partial charge is 0.550 e. The molecule has 2 aromatic carbocycles. The lowest BCUT2D eigenvalue weighted by Crippen LogP contribution is -2.29. The van der Waals surface area contributed by atoms with Crippen LogP contribution >= 0.6 is 0 Å². The van der Waals surface area contributed by atoms with E-state index >= 15 is 0 Å². The first-order chi connectivity index (χ1) is 11.1. The van der Waals surface area contributed by atoms with Crippen LogP contribution in [0.4, 0.5) is 0 Å². The van der Waals surface area contributed by atoms with Crippen LogP contribution in [0.25, 0.3) is 11.1 Å². The molecular weight excluding hydrogens is 284 g/mol. The monoisotopic (exact) mass is 311 g/mol. The molecule has 0 aromatic heterocycles. The third-order valence-electron chi connectivity index (χ3n) is 3.77. The maximum Gasteiger partial charge on any atom is 0.0442 e. The predicted octanol–water partition coefficient (Wildman–Crippen LogP) is 4.70. The van der Waals surface area contributed by atoms with E-state index in [-0.39, 0.29) is 5.92 Å². The average Bonchev–Trinajstić information content (AvgIpc) is 2.60. The van der Waals surface area contributed by atoms with E-state index in [0.29, 0.717) is 0 Å². The molecule has 2 rings (SSSR count). The zero-order chi connectivity index (χ0) is 16.9. The van der Waals surface area contributed by atoms with Gasteiger partial charge in [0.2, 0.25) is 0 Å². The van der Waals surface area contributed by atoms with Crippen LogP contribution in [0.2, 0.25) is 0 Å². The van der Waals surface area contributed by atoms with Gasteiger partial charge in [0.1, 0.15) is 0 Å². The second-order valence-corrected chi connectivity index (χ2v) is 5.80. The lowest BCUT2D eigenvalue weighted by atomic mass is 10.0. The van der Waals surface area contributed by atoms with Crippen LogP contribution in [0, 0.1) is 5.92 Å². The van der Waals surface area contributed by atoms with E-state index in [9.17, 15) is 9.90 Å². The first-order valence-corrected chi connectivity index (χ1v) is 8.46. The zero-order valence-electron chi connectivity index (χ0n) is 14.2. The van der Waals surface area contributed by atoms with Crippen molar-refractivity contribution in [1.82, 2.24) is 0 Å². The Hall–Kier alpha value is -2.09. The summed E-state index contributed by atoms with van der Waals surface area (Å²) in [6.07, 6.45) is 5.33. The summed E-state index contributed by atoms with van der Waals surface area (Å²) in [5.41, 5.74) is 2.55. The molecule has 2 nitrogen and oxygen atoms in total. The molecule has 1 atom stereocenters. The lowest BCUT2D eigenvalue weighted by molar-refractivity contribution is -0.311. The number of hydrogen-bond donors (Lipinski definition) is 0. The summed E-state index contributed by atoms with van der Waals surface area (Å²) in [6.45, 7) is 3.85. The maximum atomic E-state index is 10.3. The van der Waals surface area contributed by atoms with Gasteiger partial charge < -0.3 is 9.90 Å². The molecule has 124 valence electrons. The second kappa shape index (κ2) is 11.5. The number of hydrogen-bond acceptors (Lipinski definition) is 2. The number of carbonyl (C=O) groups is 1. The standard InChI is InChI=1S/C12H10.C9H18O2/c1-3-7-11(8-4-1)12-9-5-2-6-10-12;1-3-4-5-6-7-8(2)9(10)11/h1-10H;8H,3-7H2,1-2H3,(H,10,11)/p-1. The minimum atomic E-state index is -0.915. The van der Waals surface area contributed by atoms with Gasteiger partial charge in [-0.05, 0) is 23.5 Å². The quantitative estimate of drug-likeness (QED) is 0.696. The van der Waals surface area contributed by atoms with Crippen molar-refractivity contribution in [2.45, 2.75) is 46.0 Å². The Morgan fingerprint density at radius 3 is 1.74 bits per heavy atom. The Balaban J connectivity index is 0.000000232. The third-order valence-corrected chi connectivity index (χ3v) is 3.77. The van der Waals surface area contributed by atoms with Crippen molar-refractivity contribution < 1.29 is 9.90 Å². The van der Waals surface area contributed by atoms with Gasteiger partial charge in [-0.1, -0.05) is 100 Å². The maximum absolute atomic E-state index is 10.3. The molecule has 0 spiro atoms. The Labute approximate surface area is 140 Å². The summed E-state index contributed by atoms with van der Waals surface area (Å²) in [6, 6.07) is 20.8. The van der Waals surface area contributed by atoms with E-state index in [1.807, 2.05) is 12.1 Å². The van der Waals surface area contributed by atoms with Crippen LogP contribution in [0.3, 0.4) is 0 Å². The average molecular weight is 311 g/mol. The van der Waals surface area contributed by atoms with Crippen molar-refractivity contribution >= 4 is 5.97 Å². The van der Waals surface area contributed by atoms with E-state index in [1.54, 1.807) is 6.92 Å². The number of aliphatic carboxylic acids is 1. The molecule has 0 bridgehead atoms. The number of rotatable bonds is 7. The molecule has 0 amide bonds. The summed E-state index contributed by atoms with van der Waals surface area (Å²) >= 11 is 0. The molecule has 0 N–H and O–H groups in total. The van der Waals surface area contributed by atoms with E-state index in [2.05, 4.69) is 55.5 Å². The molecule has 23 heavy (non-hydrogen) atoms. The van der Waals surface area contributed by atoms with Crippen LogP contribution < -0.4 is 5.11 Å². The number of carbonyl (C=O) groups excluding carboxylic acids is 1. The van der Waals surface area contributed by atoms with Gasteiger partial charge in [-0.2, -0.15) is 0 Å². The minimum absolute atomic E-state index is 0.271. The van der Waals surface area contributed by atoms with Crippen molar-refractivity contribution in [2.24, 2.45) is 5.92 Å². The van der Waals surface area contributed by atoms with Crippen LogP contribution in [0.1, 0.15) is 46.0 Å². The smallest absolute Gasteiger partial charge is 0.0442 e. The van der Waals surface area contributed by atoms with E-state index in [4.69, 9.17) is 0 Å². The van der Waals surface area contributed by atoms with Gasteiger partial charge in [0.15, 0.2) is 0 Å². The van der Waals surface area contributed by atoms with Gasteiger partial charge in [-0.3, -0.25) is 0 Å². The van der Waals surface area contributed by atoms with Gasteiger partial charge in [0, 0.05) is 5.97 Å². The Morgan fingerprint density at radius 2 is 1.35 bits per heavy atom. The van der Waals surface area contributed by atoms with Gasteiger partial charge in [0.05, 0.1) is 0 Å². The van der Waals surface area contributed by atoms with Gasteiger partial charge in [-0.15, -0.1) is 0 Å². The van der Waals surface area contributed by atoms with Crippen molar-refractivity contribution in [2.75, 3.05) is 0 Å². The van der Waals surface area contributed by atoms with Crippen molar-refractivity contribution in [1.29, 1.82) is 0 Å². The fourth-order valence-electron chi connectivity index (χ4n) is 2.26. The Morgan fingerprint density at radius 1 is 0.870 bits per heavy atom. The number of benzene rings is 2. The van der Waals surface area contributed by atoms with Gasteiger partial charge >= 0.3 is 0 Å². The molecule has 0 aliphatic rings. The van der Waals surface area contributed by atoms with E-state index < -0.39 is 5.97 Å². The summed E-state index contributed by atoms with van der Waals surface area (Å²) in [5, 5.41) is 10.3. The molecule has 0 fully saturated rings. The summed E-state index contributed by atoms with van der Waals surface area (Å²) in [7, 11) is 0. The van der Waals surface area contributed by atoms with Crippen LogP contribution in [0.5, 0.6) is 0 Å². The highest BCUT2D eigenvalue weighted by Gasteiger charge is 2.00. The molecule has 0 heterocycles. The first-order valence-electron chi connectivity index (χ1n) is 8.46. The van der Waals surface area contributed by atoms with Crippen LogP contribution in [-0.2, 0) is 4.79 Å². The highest BCUT2D eigenvalue weighted by atomic mass is 16.4. The van der Waals surface area contributed by atoms with Gasteiger partial charge in [0.25, 0.3) is 0 Å². The Kier molecular flexibility index (Phi) is 9.46. The SMILES string of the molecule is CCCCCCC(C)C(=O)[O-].c1ccc(-c2ccccc2)cc1. The van der Waals surface area contributed by atoms with Crippen molar-refractivity contribution in [3.05, 3.63) is 60.7 Å². The summed E-state index contributed by atoms with van der Waals surface area (Å²) < 4.78 is 0.